The standard InChI is InChI=1S/C25H37N3O5/c29-24(18-3-4-22-23(15-18)33-14-13-32-22)21(17-27-8-1-2-9-27)26-25(30)19-5-10-28(16-19)20-6-11-31-12-7-20/h3-4,15,19-21,24,29H,1-2,5-14,16-17H2,(H,26,30)/t19-,21?,24?/m1/s1. The van der Waals surface area contributed by atoms with Crippen LogP contribution in [0.3, 0.4) is 0 Å². The summed E-state index contributed by atoms with van der Waals surface area (Å²) < 4.78 is 16.8. The number of aliphatic hydroxyl groups is 1. The summed E-state index contributed by atoms with van der Waals surface area (Å²) in [4.78, 5) is 18.1. The van der Waals surface area contributed by atoms with E-state index in [4.69, 9.17) is 14.2 Å². The number of carbonyl (C=O) groups is 1. The summed E-state index contributed by atoms with van der Waals surface area (Å²) in [5.74, 6) is 1.40. The Balaban J connectivity index is 1.25. The van der Waals surface area contributed by atoms with Crippen LogP contribution >= 0.6 is 0 Å². The van der Waals surface area contributed by atoms with E-state index in [0.717, 1.165) is 64.2 Å². The van der Waals surface area contributed by atoms with Gasteiger partial charge in [0.05, 0.1) is 12.0 Å². The molecule has 8 heteroatoms. The first-order chi connectivity index (χ1) is 16.2. The molecule has 4 aliphatic rings. The molecule has 3 fully saturated rings. The van der Waals surface area contributed by atoms with Crippen LogP contribution in [-0.4, -0.2) is 92.0 Å². The summed E-state index contributed by atoms with van der Waals surface area (Å²) in [6.45, 7) is 7.12. The maximum Gasteiger partial charge on any atom is 0.224 e. The highest BCUT2D eigenvalue weighted by atomic mass is 16.6. The average Bonchev–Trinajstić information content (AvgIpc) is 3.56. The first-order valence-corrected chi connectivity index (χ1v) is 12.6. The van der Waals surface area contributed by atoms with Crippen molar-refractivity contribution in [3.05, 3.63) is 23.8 Å². The molecule has 182 valence electrons. The van der Waals surface area contributed by atoms with Crippen molar-refractivity contribution in [3.63, 3.8) is 0 Å². The molecule has 8 nitrogen and oxygen atoms in total. The van der Waals surface area contributed by atoms with Crippen LogP contribution in [0.2, 0.25) is 0 Å². The molecule has 4 heterocycles. The molecule has 0 spiro atoms. The van der Waals surface area contributed by atoms with Crippen LogP contribution in [0.4, 0.5) is 0 Å². The van der Waals surface area contributed by atoms with E-state index >= 15 is 0 Å². The summed E-state index contributed by atoms with van der Waals surface area (Å²) in [7, 11) is 0. The van der Waals surface area contributed by atoms with Crippen LogP contribution in [0.15, 0.2) is 18.2 Å². The molecule has 3 atom stereocenters. The molecule has 1 amide bonds. The van der Waals surface area contributed by atoms with Gasteiger partial charge in [-0.25, -0.2) is 0 Å². The molecular weight excluding hydrogens is 422 g/mol. The third-order valence-corrected chi connectivity index (χ3v) is 7.57. The molecule has 2 N–H and O–H groups in total. The van der Waals surface area contributed by atoms with Crippen molar-refractivity contribution in [1.82, 2.24) is 15.1 Å². The van der Waals surface area contributed by atoms with Crippen molar-refractivity contribution in [3.8, 4) is 11.5 Å². The molecule has 33 heavy (non-hydrogen) atoms. The van der Waals surface area contributed by atoms with Crippen molar-refractivity contribution in [1.29, 1.82) is 0 Å². The number of nitrogens with zero attached hydrogens (tertiary/aromatic N) is 2. The average molecular weight is 460 g/mol. The van der Waals surface area contributed by atoms with Gasteiger partial charge in [-0.05, 0) is 69.4 Å². The number of fused-ring (bicyclic) bond motifs is 1. The zero-order valence-electron chi connectivity index (χ0n) is 19.4. The number of benzene rings is 1. The Morgan fingerprint density at radius 3 is 2.58 bits per heavy atom. The monoisotopic (exact) mass is 459 g/mol. The third kappa shape index (κ3) is 5.45. The second-order valence-electron chi connectivity index (χ2n) is 9.79. The number of hydrogen-bond acceptors (Lipinski definition) is 7. The van der Waals surface area contributed by atoms with Gasteiger partial charge in [0.25, 0.3) is 0 Å². The topological polar surface area (TPSA) is 83.5 Å². The van der Waals surface area contributed by atoms with E-state index in [2.05, 4.69) is 15.1 Å². The lowest BCUT2D eigenvalue weighted by Gasteiger charge is -2.32. The molecule has 0 aliphatic carbocycles. The van der Waals surface area contributed by atoms with E-state index in [-0.39, 0.29) is 17.9 Å². The SMILES string of the molecule is O=C(NC(CN1CCCC1)C(O)c1ccc2c(c1)OCCO2)[C@@H]1CCN(C2CCOCC2)C1. The first kappa shape index (κ1) is 22.9. The molecular formula is C25H37N3O5. The number of ether oxygens (including phenoxy) is 3. The quantitative estimate of drug-likeness (QED) is 0.640. The highest BCUT2D eigenvalue weighted by molar-refractivity contribution is 5.79. The fourth-order valence-electron chi connectivity index (χ4n) is 5.63. The summed E-state index contributed by atoms with van der Waals surface area (Å²) >= 11 is 0. The summed E-state index contributed by atoms with van der Waals surface area (Å²) in [5.41, 5.74) is 0.749. The maximum absolute atomic E-state index is 13.3. The molecule has 5 rings (SSSR count). The molecule has 4 aliphatic heterocycles. The van der Waals surface area contributed by atoms with Gasteiger partial charge in [-0.15, -0.1) is 0 Å². The van der Waals surface area contributed by atoms with E-state index in [1.807, 2.05) is 18.2 Å². The van der Waals surface area contributed by atoms with Crippen molar-refractivity contribution in [2.24, 2.45) is 5.92 Å². The lowest BCUT2D eigenvalue weighted by molar-refractivity contribution is -0.126. The van der Waals surface area contributed by atoms with Gasteiger partial charge >= 0.3 is 0 Å². The lowest BCUT2D eigenvalue weighted by atomic mass is 9.99. The van der Waals surface area contributed by atoms with Gasteiger partial charge in [-0.1, -0.05) is 6.07 Å². The number of aliphatic hydroxyl groups excluding tert-OH is 1. The lowest BCUT2D eigenvalue weighted by Crippen LogP contribution is -2.49. The molecule has 0 bridgehead atoms. The van der Waals surface area contributed by atoms with Gasteiger partial charge in [0.1, 0.15) is 19.3 Å². The van der Waals surface area contributed by atoms with Crippen LogP contribution < -0.4 is 14.8 Å². The molecule has 0 radical (unpaired) electrons. The molecule has 2 unspecified atom stereocenters. The Bertz CT molecular complexity index is 809. The van der Waals surface area contributed by atoms with Gasteiger partial charge in [0.15, 0.2) is 11.5 Å². The fraction of sp³-hybridized carbons (Fsp3) is 0.720. The van der Waals surface area contributed by atoms with Crippen LogP contribution in [0.5, 0.6) is 11.5 Å². The number of likely N-dealkylation sites (tertiary alicyclic amines) is 2. The van der Waals surface area contributed by atoms with Gasteiger partial charge in [0.2, 0.25) is 5.91 Å². The Morgan fingerprint density at radius 1 is 1.03 bits per heavy atom. The van der Waals surface area contributed by atoms with E-state index in [1.54, 1.807) is 0 Å². The number of hydrogen-bond donors (Lipinski definition) is 2. The molecule has 1 aromatic carbocycles. The molecule has 1 aromatic rings. The molecule has 0 saturated carbocycles. The normalized spacial score (nSPS) is 26.3. The number of amides is 1. The van der Waals surface area contributed by atoms with Gasteiger partial charge in [0, 0.05) is 32.3 Å². The highest BCUT2D eigenvalue weighted by Crippen LogP contribution is 2.34. The summed E-state index contributed by atoms with van der Waals surface area (Å²) in [6, 6.07) is 5.74. The highest BCUT2D eigenvalue weighted by Gasteiger charge is 2.35. The van der Waals surface area contributed by atoms with Crippen molar-refractivity contribution in [2.75, 3.05) is 59.2 Å². The minimum Gasteiger partial charge on any atom is -0.486 e. The predicted octanol–water partition coefficient (Wildman–Crippen LogP) is 1.57. The Hall–Kier alpha value is -1.87. The first-order valence-electron chi connectivity index (χ1n) is 12.6. The van der Waals surface area contributed by atoms with Gasteiger partial charge < -0.3 is 29.5 Å². The molecule has 0 aromatic heterocycles. The van der Waals surface area contributed by atoms with Crippen LogP contribution in [0.1, 0.15) is 43.8 Å². The second-order valence-corrected chi connectivity index (χ2v) is 9.79. The number of carbonyl (C=O) groups excluding carboxylic acids is 1. The largest absolute Gasteiger partial charge is 0.486 e. The third-order valence-electron chi connectivity index (χ3n) is 7.57. The molecule has 3 saturated heterocycles. The fourth-order valence-corrected chi connectivity index (χ4v) is 5.63. The van der Waals surface area contributed by atoms with Gasteiger partial charge in [-0.3, -0.25) is 9.69 Å². The minimum absolute atomic E-state index is 0.0265. The summed E-state index contributed by atoms with van der Waals surface area (Å²) in [6.07, 6.45) is 4.51. The maximum atomic E-state index is 13.3. The summed E-state index contributed by atoms with van der Waals surface area (Å²) in [5, 5.41) is 14.6. The Kier molecular flexibility index (Phi) is 7.35. The second kappa shape index (κ2) is 10.6. The predicted molar refractivity (Wildman–Crippen MR) is 124 cm³/mol. The Labute approximate surface area is 196 Å². The zero-order valence-corrected chi connectivity index (χ0v) is 19.4. The van der Waals surface area contributed by atoms with Crippen LogP contribution in [-0.2, 0) is 9.53 Å². The van der Waals surface area contributed by atoms with Crippen LogP contribution in [0.25, 0.3) is 0 Å². The number of nitrogens with one attached hydrogen (secondary N) is 1. The zero-order chi connectivity index (χ0) is 22.6. The minimum atomic E-state index is -0.807. The van der Waals surface area contributed by atoms with E-state index in [9.17, 15) is 9.90 Å². The van der Waals surface area contributed by atoms with Crippen LogP contribution in [0, 0.1) is 5.92 Å². The van der Waals surface area contributed by atoms with E-state index in [0.29, 0.717) is 37.3 Å². The van der Waals surface area contributed by atoms with Crippen molar-refractivity contribution >= 4 is 5.91 Å². The Morgan fingerprint density at radius 2 is 1.79 bits per heavy atom. The smallest absolute Gasteiger partial charge is 0.224 e. The van der Waals surface area contributed by atoms with Gasteiger partial charge in [-0.2, -0.15) is 0 Å². The van der Waals surface area contributed by atoms with Crippen molar-refractivity contribution in [2.45, 2.75) is 50.3 Å². The number of rotatable bonds is 7. The van der Waals surface area contributed by atoms with E-state index in [1.165, 1.54) is 12.8 Å². The van der Waals surface area contributed by atoms with Crippen molar-refractivity contribution < 1.29 is 24.1 Å². The van der Waals surface area contributed by atoms with E-state index < -0.39 is 6.10 Å².